The van der Waals surface area contributed by atoms with Gasteiger partial charge in [0.25, 0.3) is 5.91 Å². The van der Waals surface area contributed by atoms with Crippen LogP contribution in [-0.2, 0) is 10.3 Å². The maximum atomic E-state index is 14.6. The topological polar surface area (TPSA) is 106 Å². The molecule has 2 atom stereocenters. The SMILES string of the molecule is C[C@@H]1C[C@@](C)(c2cc(NC(=O)c3ncc(N4CCOCC4)cc3F)ccn2)N=C(N)S1. The second-order valence-corrected chi connectivity index (χ2v) is 9.32. The van der Waals surface area contributed by atoms with E-state index in [0.29, 0.717) is 53.8 Å². The van der Waals surface area contributed by atoms with Crippen molar-refractivity contribution in [3.05, 3.63) is 47.8 Å². The van der Waals surface area contributed by atoms with Gasteiger partial charge in [0, 0.05) is 36.3 Å². The molecule has 164 valence electrons. The molecular weight excluding hydrogens is 419 g/mol. The minimum absolute atomic E-state index is 0.258. The third-order valence-electron chi connectivity index (χ3n) is 5.35. The van der Waals surface area contributed by atoms with E-state index in [2.05, 4.69) is 27.2 Å². The van der Waals surface area contributed by atoms with E-state index < -0.39 is 17.3 Å². The quantitative estimate of drug-likeness (QED) is 0.747. The van der Waals surface area contributed by atoms with Gasteiger partial charge >= 0.3 is 0 Å². The molecular formula is C21H25FN6O2S. The Morgan fingerprint density at radius 1 is 1.35 bits per heavy atom. The second-order valence-electron chi connectivity index (χ2n) is 7.86. The average molecular weight is 445 g/mol. The predicted octanol–water partition coefficient (Wildman–Crippen LogP) is 2.76. The molecule has 0 aliphatic carbocycles. The molecule has 0 saturated carbocycles. The normalized spacial score (nSPS) is 23.9. The highest BCUT2D eigenvalue weighted by Crippen LogP contribution is 2.38. The van der Waals surface area contributed by atoms with Crippen molar-refractivity contribution in [3.63, 3.8) is 0 Å². The number of carbonyl (C=O) groups is 1. The Bertz CT molecular complexity index is 1010. The van der Waals surface area contributed by atoms with Crippen LogP contribution >= 0.6 is 11.8 Å². The maximum Gasteiger partial charge on any atom is 0.277 e. The number of nitrogens with two attached hydrogens (primary N) is 1. The molecule has 4 rings (SSSR count). The van der Waals surface area contributed by atoms with Gasteiger partial charge < -0.3 is 20.7 Å². The fourth-order valence-corrected chi connectivity index (χ4v) is 4.94. The van der Waals surface area contributed by atoms with Crippen LogP contribution in [0.4, 0.5) is 15.8 Å². The number of hydrogen-bond donors (Lipinski definition) is 2. The number of amides is 1. The molecule has 1 amide bonds. The fourth-order valence-electron chi connectivity index (χ4n) is 3.87. The fraction of sp³-hybridized carbons (Fsp3) is 0.429. The van der Waals surface area contributed by atoms with Crippen molar-refractivity contribution in [1.82, 2.24) is 9.97 Å². The molecule has 2 aliphatic heterocycles. The van der Waals surface area contributed by atoms with Crippen LogP contribution in [0.5, 0.6) is 0 Å². The van der Waals surface area contributed by atoms with Crippen LogP contribution in [-0.4, -0.2) is 52.6 Å². The lowest BCUT2D eigenvalue weighted by molar-refractivity contribution is 0.101. The number of aliphatic imine (C=N–C) groups is 1. The zero-order valence-electron chi connectivity index (χ0n) is 17.5. The van der Waals surface area contributed by atoms with Crippen molar-refractivity contribution in [2.45, 2.75) is 31.1 Å². The van der Waals surface area contributed by atoms with Crippen molar-refractivity contribution in [2.24, 2.45) is 10.7 Å². The number of anilines is 2. The number of ether oxygens (including phenoxy) is 1. The summed E-state index contributed by atoms with van der Waals surface area (Å²) in [6, 6.07) is 4.74. The van der Waals surface area contributed by atoms with Gasteiger partial charge in [0.1, 0.15) is 5.54 Å². The van der Waals surface area contributed by atoms with Gasteiger partial charge in [-0.25, -0.2) is 14.4 Å². The first kappa shape index (κ1) is 21.5. The highest BCUT2D eigenvalue weighted by Gasteiger charge is 2.34. The number of thioether (sulfide) groups is 1. The van der Waals surface area contributed by atoms with E-state index in [4.69, 9.17) is 10.5 Å². The zero-order chi connectivity index (χ0) is 22.0. The Balaban J connectivity index is 1.51. The third-order valence-corrected chi connectivity index (χ3v) is 6.25. The van der Waals surface area contributed by atoms with E-state index in [0.717, 1.165) is 6.42 Å². The van der Waals surface area contributed by atoms with Crippen molar-refractivity contribution in [3.8, 4) is 0 Å². The molecule has 0 bridgehead atoms. The molecule has 3 N–H and O–H groups in total. The number of nitrogens with one attached hydrogen (secondary N) is 1. The molecule has 0 spiro atoms. The van der Waals surface area contributed by atoms with E-state index in [1.165, 1.54) is 24.0 Å². The van der Waals surface area contributed by atoms with E-state index in [-0.39, 0.29) is 5.69 Å². The molecule has 31 heavy (non-hydrogen) atoms. The number of amidine groups is 1. The summed E-state index contributed by atoms with van der Waals surface area (Å²) in [5.41, 5.74) is 6.95. The summed E-state index contributed by atoms with van der Waals surface area (Å²) in [5, 5.41) is 3.53. The first-order valence-corrected chi connectivity index (χ1v) is 11.0. The van der Waals surface area contributed by atoms with Crippen molar-refractivity contribution >= 4 is 34.2 Å². The van der Waals surface area contributed by atoms with Crippen LogP contribution < -0.4 is 16.0 Å². The Hall–Kier alpha value is -2.72. The van der Waals surface area contributed by atoms with E-state index >= 15 is 0 Å². The van der Waals surface area contributed by atoms with Gasteiger partial charge in [-0.15, -0.1) is 0 Å². The summed E-state index contributed by atoms with van der Waals surface area (Å²) in [5.74, 6) is -1.29. The summed E-state index contributed by atoms with van der Waals surface area (Å²) >= 11 is 1.53. The van der Waals surface area contributed by atoms with Crippen LogP contribution in [0.15, 0.2) is 35.6 Å². The predicted molar refractivity (Wildman–Crippen MR) is 120 cm³/mol. The number of nitrogens with zero attached hydrogens (tertiary/aromatic N) is 4. The van der Waals surface area contributed by atoms with Gasteiger partial charge in [-0.2, -0.15) is 0 Å². The Labute approximate surface area is 184 Å². The van der Waals surface area contributed by atoms with Gasteiger partial charge in [0.15, 0.2) is 16.7 Å². The third kappa shape index (κ3) is 4.80. The molecule has 4 heterocycles. The molecule has 0 radical (unpaired) electrons. The van der Waals surface area contributed by atoms with Crippen molar-refractivity contribution in [2.75, 3.05) is 36.5 Å². The monoisotopic (exact) mass is 444 g/mol. The molecule has 1 saturated heterocycles. The molecule has 1 fully saturated rings. The number of carbonyl (C=O) groups excluding carboxylic acids is 1. The zero-order valence-corrected chi connectivity index (χ0v) is 18.3. The van der Waals surface area contributed by atoms with Crippen LogP contribution in [0, 0.1) is 5.82 Å². The van der Waals surface area contributed by atoms with Gasteiger partial charge in [0.05, 0.1) is 30.8 Å². The van der Waals surface area contributed by atoms with E-state index in [1.807, 2.05) is 11.8 Å². The maximum absolute atomic E-state index is 14.6. The number of halogens is 1. The smallest absolute Gasteiger partial charge is 0.277 e. The lowest BCUT2D eigenvalue weighted by Crippen LogP contribution is -2.36. The first-order valence-electron chi connectivity index (χ1n) is 10.1. The van der Waals surface area contributed by atoms with Crippen LogP contribution in [0.3, 0.4) is 0 Å². The Kier molecular flexibility index (Phi) is 6.10. The number of rotatable bonds is 4. The molecule has 2 aromatic heterocycles. The van der Waals surface area contributed by atoms with E-state index in [9.17, 15) is 9.18 Å². The number of hydrogen-bond acceptors (Lipinski definition) is 8. The molecule has 2 aromatic rings. The second kappa shape index (κ2) is 8.80. The lowest BCUT2D eigenvalue weighted by Gasteiger charge is -2.32. The Morgan fingerprint density at radius 2 is 2.13 bits per heavy atom. The van der Waals surface area contributed by atoms with Gasteiger partial charge in [-0.3, -0.25) is 9.78 Å². The van der Waals surface area contributed by atoms with Gasteiger partial charge in [-0.05, 0) is 25.5 Å². The molecule has 8 nitrogen and oxygen atoms in total. The summed E-state index contributed by atoms with van der Waals surface area (Å²) in [7, 11) is 0. The largest absolute Gasteiger partial charge is 0.379 e. The van der Waals surface area contributed by atoms with Gasteiger partial charge in [-0.1, -0.05) is 18.7 Å². The summed E-state index contributed by atoms with van der Waals surface area (Å²) in [6.45, 7) is 6.55. The van der Waals surface area contributed by atoms with E-state index in [1.54, 1.807) is 18.3 Å². The molecule has 2 aliphatic rings. The van der Waals surface area contributed by atoms with Crippen LogP contribution in [0.1, 0.15) is 36.5 Å². The Morgan fingerprint density at radius 3 is 2.84 bits per heavy atom. The summed E-state index contributed by atoms with van der Waals surface area (Å²) in [6.07, 6.45) is 3.88. The van der Waals surface area contributed by atoms with Crippen molar-refractivity contribution < 1.29 is 13.9 Å². The number of morpholine rings is 1. The lowest BCUT2D eigenvalue weighted by atomic mass is 9.91. The minimum atomic E-state index is -0.668. The summed E-state index contributed by atoms with van der Waals surface area (Å²) in [4.78, 5) is 27.7. The number of aromatic nitrogens is 2. The highest BCUT2D eigenvalue weighted by atomic mass is 32.2. The average Bonchev–Trinajstić information content (AvgIpc) is 2.73. The molecule has 0 aromatic carbocycles. The highest BCUT2D eigenvalue weighted by molar-refractivity contribution is 8.14. The summed E-state index contributed by atoms with van der Waals surface area (Å²) < 4.78 is 20.0. The molecule has 0 unspecified atom stereocenters. The minimum Gasteiger partial charge on any atom is -0.379 e. The standard InChI is InChI=1S/C21H25FN6O2S/c1-13-11-21(2,27-20(23)31-13)17-9-14(3-4-24-17)26-19(29)18-16(22)10-15(12-25-18)28-5-7-30-8-6-28/h3-4,9-10,12-13H,5-8,11H2,1-2H3,(H2,23,27)(H,24,26,29)/t13-,21+/m1/s1. The van der Waals surface area contributed by atoms with Crippen molar-refractivity contribution in [1.29, 1.82) is 0 Å². The first-order chi connectivity index (χ1) is 14.8. The number of pyridine rings is 2. The van der Waals surface area contributed by atoms with Crippen LogP contribution in [0.2, 0.25) is 0 Å². The molecule has 10 heteroatoms. The van der Waals surface area contributed by atoms with Gasteiger partial charge in [0.2, 0.25) is 0 Å². The van der Waals surface area contributed by atoms with Crippen LogP contribution in [0.25, 0.3) is 0 Å².